The van der Waals surface area contributed by atoms with Crippen LogP contribution in [0, 0.1) is 21.7 Å². The van der Waals surface area contributed by atoms with Crippen LogP contribution < -0.4 is 0 Å². The van der Waals surface area contributed by atoms with Gasteiger partial charge in [0.25, 0.3) is 5.91 Å². The summed E-state index contributed by atoms with van der Waals surface area (Å²) in [5.41, 5.74) is -1.80. The van der Waals surface area contributed by atoms with E-state index in [-0.39, 0.29) is 13.0 Å². The Bertz CT molecular complexity index is 634. The van der Waals surface area contributed by atoms with E-state index in [1.165, 1.54) is 0 Å². The van der Waals surface area contributed by atoms with Crippen LogP contribution in [0.1, 0.15) is 23.2 Å². The molecule has 1 aromatic rings. The molecule has 0 spiro atoms. The van der Waals surface area contributed by atoms with Gasteiger partial charge in [-0.2, -0.15) is 4.39 Å². The summed E-state index contributed by atoms with van der Waals surface area (Å²) in [5.74, 6) is -4.84. The third kappa shape index (κ3) is 2.67. The molecular weight excluding hydrogens is 290 g/mol. The fraction of sp³-hybridized carbons (Fsp3) is 0.333. The van der Waals surface area contributed by atoms with Crippen molar-refractivity contribution in [1.82, 2.24) is 4.90 Å². The van der Waals surface area contributed by atoms with Crippen molar-refractivity contribution in [2.24, 2.45) is 0 Å². The number of carboxylic acids is 1. The summed E-state index contributed by atoms with van der Waals surface area (Å²) in [6, 6.07) is -0.364. The Balaban J connectivity index is 2.38. The summed E-state index contributed by atoms with van der Waals surface area (Å²) in [6.45, 7) is 0.105. The second kappa shape index (κ2) is 5.43. The minimum Gasteiger partial charge on any atom is -0.480 e. The number of nitro groups is 1. The highest BCUT2D eigenvalue weighted by molar-refractivity contribution is 5.97. The van der Waals surface area contributed by atoms with E-state index >= 15 is 0 Å². The molecule has 0 unspecified atom stereocenters. The number of amides is 1. The highest BCUT2D eigenvalue weighted by Crippen LogP contribution is 2.25. The Morgan fingerprint density at radius 1 is 1.33 bits per heavy atom. The molecule has 1 N–H and O–H groups in total. The molecule has 7 nitrogen and oxygen atoms in total. The van der Waals surface area contributed by atoms with E-state index < -0.39 is 45.7 Å². The lowest BCUT2D eigenvalue weighted by atomic mass is 10.1. The second-order valence-corrected chi connectivity index (χ2v) is 4.54. The van der Waals surface area contributed by atoms with E-state index in [2.05, 4.69) is 0 Å². The number of likely N-dealkylation sites (tertiary alicyclic amines) is 1. The van der Waals surface area contributed by atoms with Gasteiger partial charge in [-0.05, 0) is 18.9 Å². The molecular formula is C12H10F2N2O5. The van der Waals surface area contributed by atoms with Crippen LogP contribution in [0.2, 0.25) is 0 Å². The molecule has 1 aliphatic heterocycles. The summed E-state index contributed by atoms with van der Waals surface area (Å²) >= 11 is 0. The third-order valence-electron chi connectivity index (χ3n) is 3.26. The van der Waals surface area contributed by atoms with E-state index in [4.69, 9.17) is 5.11 Å². The number of benzene rings is 1. The number of carbonyl (C=O) groups excluding carboxylic acids is 1. The Morgan fingerprint density at radius 2 is 2.00 bits per heavy atom. The summed E-state index contributed by atoms with van der Waals surface area (Å²) in [7, 11) is 0. The van der Waals surface area contributed by atoms with Crippen molar-refractivity contribution in [2.75, 3.05) is 6.54 Å². The van der Waals surface area contributed by atoms with E-state index in [1.54, 1.807) is 0 Å². The first-order valence-corrected chi connectivity index (χ1v) is 6.00. The fourth-order valence-electron chi connectivity index (χ4n) is 2.26. The first kappa shape index (κ1) is 14.8. The van der Waals surface area contributed by atoms with E-state index in [0.717, 1.165) is 4.90 Å². The number of aliphatic carboxylic acids is 1. The minimum atomic E-state index is -1.35. The molecule has 0 aromatic heterocycles. The molecule has 0 aliphatic carbocycles. The van der Waals surface area contributed by atoms with Crippen molar-refractivity contribution >= 4 is 17.6 Å². The topological polar surface area (TPSA) is 101 Å². The third-order valence-corrected chi connectivity index (χ3v) is 3.26. The molecule has 21 heavy (non-hydrogen) atoms. The van der Waals surface area contributed by atoms with Gasteiger partial charge in [0.15, 0.2) is 0 Å². The van der Waals surface area contributed by atoms with Crippen molar-refractivity contribution in [3.8, 4) is 0 Å². The van der Waals surface area contributed by atoms with Crippen molar-refractivity contribution in [3.63, 3.8) is 0 Å². The maximum Gasteiger partial charge on any atom is 0.326 e. The Kier molecular flexibility index (Phi) is 3.83. The first-order valence-electron chi connectivity index (χ1n) is 6.00. The monoisotopic (exact) mass is 300 g/mol. The van der Waals surface area contributed by atoms with Crippen LogP contribution in [0.25, 0.3) is 0 Å². The van der Waals surface area contributed by atoms with Crippen molar-refractivity contribution in [1.29, 1.82) is 0 Å². The standard InChI is InChI=1S/C12H10F2N2O5/c13-7-5-10(16(20)21)8(14)4-6(7)11(17)15-3-1-2-9(15)12(18)19/h4-5,9H,1-3H2,(H,18,19)/t9-/m0/s1. The van der Waals surface area contributed by atoms with Crippen LogP contribution in [0.5, 0.6) is 0 Å². The van der Waals surface area contributed by atoms with Gasteiger partial charge in [-0.25, -0.2) is 9.18 Å². The fourth-order valence-corrected chi connectivity index (χ4v) is 2.26. The normalized spacial score (nSPS) is 17.8. The summed E-state index contributed by atoms with van der Waals surface area (Å²) in [4.78, 5) is 33.4. The molecule has 1 atom stereocenters. The number of nitro benzene ring substituents is 1. The summed E-state index contributed by atoms with van der Waals surface area (Å²) < 4.78 is 27.2. The van der Waals surface area contributed by atoms with Gasteiger partial charge < -0.3 is 10.0 Å². The van der Waals surface area contributed by atoms with Crippen molar-refractivity contribution in [3.05, 3.63) is 39.4 Å². The number of hydrogen-bond donors (Lipinski definition) is 1. The van der Waals surface area contributed by atoms with Gasteiger partial charge in [0, 0.05) is 6.54 Å². The lowest BCUT2D eigenvalue weighted by molar-refractivity contribution is -0.387. The van der Waals surface area contributed by atoms with Crippen LogP contribution in [-0.2, 0) is 4.79 Å². The zero-order valence-electron chi connectivity index (χ0n) is 10.6. The van der Waals surface area contributed by atoms with Gasteiger partial charge in [-0.3, -0.25) is 14.9 Å². The molecule has 0 bridgehead atoms. The molecule has 9 heteroatoms. The molecule has 1 aliphatic rings. The van der Waals surface area contributed by atoms with Gasteiger partial charge in [-0.1, -0.05) is 0 Å². The molecule has 0 radical (unpaired) electrons. The van der Waals surface area contributed by atoms with Crippen LogP contribution in [-0.4, -0.2) is 39.4 Å². The Labute approximate surface area is 116 Å². The van der Waals surface area contributed by atoms with E-state index in [9.17, 15) is 28.5 Å². The number of rotatable bonds is 3. The average molecular weight is 300 g/mol. The largest absolute Gasteiger partial charge is 0.480 e. The molecule has 112 valence electrons. The van der Waals surface area contributed by atoms with Crippen LogP contribution in [0.3, 0.4) is 0 Å². The van der Waals surface area contributed by atoms with Gasteiger partial charge in [-0.15, -0.1) is 0 Å². The predicted molar refractivity (Wildman–Crippen MR) is 64.7 cm³/mol. The van der Waals surface area contributed by atoms with Crippen molar-refractivity contribution < 1.29 is 28.4 Å². The maximum atomic E-state index is 13.8. The quantitative estimate of drug-likeness (QED) is 0.674. The lowest BCUT2D eigenvalue weighted by Gasteiger charge is -2.21. The van der Waals surface area contributed by atoms with Gasteiger partial charge >= 0.3 is 11.7 Å². The van der Waals surface area contributed by atoms with Gasteiger partial charge in [0.05, 0.1) is 16.6 Å². The van der Waals surface area contributed by atoms with Crippen LogP contribution >= 0.6 is 0 Å². The van der Waals surface area contributed by atoms with Crippen molar-refractivity contribution in [2.45, 2.75) is 18.9 Å². The van der Waals surface area contributed by atoms with E-state index in [1.807, 2.05) is 0 Å². The molecule has 1 aromatic carbocycles. The maximum absolute atomic E-state index is 13.8. The smallest absolute Gasteiger partial charge is 0.326 e. The number of halogens is 2. The molecule has 2 rings (SSSR count). The number of carbonyl (C=O) groups is 2. The Hall–Kier alpha value is -2.58. The lowest BCUT2D eigenvalue weighted by Crippen LogP contribution is -2.40. The molecule has 1 fully saturated rings. The van der Waals surface area contributed by atoms with Gasteiger partial charge in [0.1, 0.15) is 11.9 Å². The second-order valence-electron chi connectivity index (χ2n) is 4.54. The highest BCUT2D eigenvalue weighted by Gasteiger charge is 2.36. The Morgan fingerprint density at radius 3 is 2.57 bits per heavy atom. The van der Waals surface area contributed by atoms with E-state index in [0.29, 0.717) is 18.6 Å². The predicted octanol–water partition coefficient (Wildman–Crippen LogP) is 1.56. The first-order chi connectivity index (χ1) is 9.82. The summed E-state index contributed by atoms with van der Waals surface area (Å²) in [6.07, 6.45) is 0.651. The zero-order valence-corrected chi connectivity index (χ0v) is 10.6. The molecule has 1 heterocycles. The minimum absolute atomic E-state index is 0.105. The number of nitrogens with zero attached hydrogens (tertiary/aromatic N) is 2. The number of hydrogen-bond acceptors (Lipinski definition) is 4. The molecule has 1 amide bonds. The zero-order chi connectivity index (χ0) is 15.7. The van der Waals surface area contributed by atoms with Gasteiger partial charge in [0.2, 0.25) is 5.82 Å². The average Bonchev–Trinajstić information content (AvgIpc) is 2.89. The SMILES string of the molecule is O=C(O)[C@@H]1CCCN1C(=O)c1cc(F)c([N+](=O)[O-])cc1F. The van der Waals surface area contributed by atoms with Crippen LogP contribution in [0.4, 0.5) is 14.5 Å². The van der Waals surface area contributed by atoms with Crippen LogP contribution in [0.15, 0.2) is 12.1 Å². The highest BCUT2D eigenvalue weighted by atomic mass is 19.1. The number of carboxylic acid groups (broad SMARTS) is 1. The molecule has 0 saturated carbocycles. The molecule has 1 saturated heterocycles. The summed E-state index contributed by atoms with van der Waals surface area (Å²) in [5, 5.41) is 19.4.